The molecule has 1 aromatic carbocycles. The van der Waals surface area contributed by atoms with Crippen LogP contribution in [0.15, 0.2) is 30.5 Å². The lowest BCUT2D eigenvalue weighted by atomic mass is 10.1. The lowest BCUT2D eigenvalue weighted by Crippen LogP contribution is -2.04. The van der Waals surface area contributed by atoms with Crippen molar-refractivity contribution in [2.75, 3.05) is 11.5 Å². The van der Waals surface area contributed by atoms with E-state index in [0.717, 1.165) is 12.8 Å². The molecule has 0 amide bonds. The van der Waals surface area contributed by atoms with Crippen LogP contribution in [0.25, 0.3) is 33.9 Å². The fraction of sp³-hybridized carbons (Fsp3) is 0.167. The minimum absolute atomic E-state index is 0.00624. The smallest absolute Gasteiger partial charge is 0.222 e. The van der Waals surface area contributed by atoms with Gasteiger partial charge in [0, 0.05) is 17.8 Å². The topological polar surface area (TPSA) is 121 Å². The van der Waals surface area contributed by atoms with Crippen LogP contribution in [0.1, 0.15) is 18.9 Å². The van der Waals surface area contributed by atoms with E-state index in [1.54, 1.807) is 18.3 Å². The van der Waals surface area contributed by atoms with E-state index >= 15 is 0 Å². The first-order valence-corrected chi connectivity index (χ1v) is 8.99. The van der Waals surface area contributed by atoms with E-state index in [0.29, 0.717) is 33.9 Å². The third kappa shape index (κ3) is 2.71. The van der Waals surface area contributed by atoms with E-state index in [2.05, 4.69) is 19.9 Å². The summed E-state index contributed by atoms with van der Waals surface area (Å²) in [5.74, 6) is 0.354. The highest BCUT2D eigenvalue weighted by atomic mass is 35.5. The fourth-order valence-electron chi connectivity index (χ4n) is 3.19. The summed E-state index contributed by atoms with van der Waals surface area (Å²) >= 11 is 5.96. The van der Waals surface area contributed by atoms with Crippen LogP contribution < -0.4 is 11.5 Å². The maximum atomic E-state index is 13.6. The van der Waals surface area contributed by atoms with Gasteiger partial charge in [-0.2, -0.15) is 4.98 Å². The molecular weight excluding hydrogens is 383 g/mol. The van der Waals surface area contributed by atoms with Crippen LogP contribution in [0, 0.1) is 5.82 Å². The Bertz CT molecular complexity index is 1230. The Morgan fingerprint density at radius 2 is 1.86 bits per heavy atom. The predicted molar refractivity (Wildman–Crippen MR) is 104 cm³/mol. The van der Waals surface area contributed by atoms with E-state index in [1.807, 2.05) is 4.57 Å². The number of hydrogen-bond acceptors (Lipinski definition) is 7. The number of nitrogens with two attached hydrogens (primary N) is 2. The molecule has 140 valence electrons. The van der Waals surface area contributed by atoms with Crippen LogP contribution in [0.2, 0.25) is 5.02 Å². The molecule has 3 heterocycles. The molecule has 1 aliphatic carbocycles. The van der Waals surface area contributed by atoms with Crippen LogP contribution in [0.4, 0.5) is 16.3 Å². The van der Waals surface area contributed by atoms with E-state index in [4.69, 9.17) is 28.1 Å². The maximum absolute atomic E-state index is 13.6. The average molecular weight is 397 g/mol. The van der Waals surface area contributed by atoms with Crippen molar-refractivity contribution in [3.05, 3.63) is 41.3 Å². The third-order valence-corrected chi connectivity index (χ3v) is 4.86. The summed E-state index contributed by atoms with van der Waals surface area (Å²) in [7, 11) is 0. The summed E-state index contributed by atoms with van der Waals surface area (Å²) in [5, 5.41) is -0.00624. The van der Waals surface area contributed by atoms with Crippen molar-refractivity contribution in [1.82, 2.24) is 29.5 Å². The highest BCUT2D eigenvalue weighted by Crippen LogP contribution is 2.42. The van der Waals surface area contributed by atoms with Gasteiger partial charge in [0.25, 0.3) is 0 Å². The Morgan fingerprint density at radius 1 is 1.04 bits per heavy atom. The van der Waals surface area contributed by atoms with E-state index in [-0.39, 0.29) is 23.0 Å². The van der Waals surface area contributed by atoms with Gasteiger partial charge in [-0.3, -0.25) is 0 Å². The molecule has 0 unspecified atom stereocenters. The molecule has 8 nitrogen and oxygen atoms in total. The number of imidazole rings is 1. The number of benzene rings is 1. The Hall–Kier alpha value is -3.33. The van der Waals surface area contributed by atoms with Crippen molar-refractivity contribution in [3.63, 3.8) is 0 Å². The number of aromatic nitrogens is 6. The van der Waals surface area contributed by atoms with Crippen LogP contribution >= 0.6 is 11.6 Å². The van der Waals surface area contributed by atoms with Crippen LogP contribution in [-0.2, 0) is 0 Å². The molecule has 0 spiro atoms. The van der Waals surface area contributed by atoms with Gasteiger partial charge in [0.2, 0.25) is 11.9 Å². The van der Waals surface area contributed by atoms with Crippen molar-refractivity contribution < 1.29 is 4.39 Å². The first-order valence-electron chi connectivity index (χ1n) is 8.61. The predicted octanol–water partition coefficient (Wildman–Crippen LogP) is 3.24. The van der Waals surface area contributed by atoms with Gasteiger partial charge in [-0.05, 0) is 37.1 Å². The number of rotatable bonds is 3. The second kappa shape index (κ2) is 6.10. The lowest BCUT2D eigenvalue weighted by Gasteiger charge is -2.07. The molecule has 0 saturated heterocycles. The molecule has 5 rings (SSSR count). The second-order valence-electron chi connectivity index (χ2n) is 6.57. The monoisotopic (exact) mass is 396 g/mol. The van der Waals surface area contributed by atoms with Gasteiger partial charge >= 0.3 is 0 Å². The van der Waals surface area contributed by atoms with Gasteiger partial charge in [0.15, 0.2) is 11.5 Å². The molecule has 4 aromatic rings. The van der Waals surface area contributed by atoms with Crippen molar-refractivity contribution >= 4 is 34.7 Å². The number of nitrogen functional groups attached to an aromatic ring is 2. The van der Waals surface area contributed by atoms with Gasteiger partial charge < -0.3 is 16.0 Å². The highest BCUT2D eigenvalue weighted by Gasteiger charge is 2.31. The zero-order valence-corrected chi connectivity index (χ0v) is 15.2. The molecule has 1 aliphatic rings. The second-order valence-corrected chi connectivity index (χ2v) is 6.98. The van der Waals surface area contributed by atoms with E-state index < -0.39 is 5.82 Å². The lowest BCUT2D eigenvalue weighted by molar-refractivity contribution is 0.628. The molecule has 0 atom stereocenters. The molecule has 0 aliphatic heterocycles. The van der Waals surface area contributed by atoms with Crippen LogP contribution in [0.3, 0.4) is 0 Å². The van der Waals surface area contributed by atoms with Crippen LogP contribution in [0.5, 0.6) is 0 Å². The molecule has 1 fully saturated rings. The Balaban J connectivity index is 1.81. The van der Waals surface area contributed by atoms with Gasteiger partial charge in [0.05, 0.1) is 5.02 Å². The molecule has 0 radical (unpaired) electrons. The van der Waals surface area contributed by atoms with Crippen molar-refractivity contribution in [2.24, 2.45) is 0 Å². The zero-order chi connectivity index (χ0) is 19.4. The minimum atomic E-state index is -0.510. The molecule has 28 heavy (non-hydrogen) atoms. The summed E-state index contributed by atoms with van der Waals surface area (Å²) in [6.45, 7) is 0. The Kier molecular flexibility index (Phi) is 3.66. The summed E-state index contributed by atoms with van der Waals surface area (Å²) in [6, 6.07) is 6.35. The first-order chi connectivity index (χ1) is 13.5. The molecule has 4 N–H and O–H groups in total. The largest absolute Gasteiger partial charge is 0.368 e. The Labute approximate surface area is 163 Å². The standard InChI is InChI=1S/C18H14ClFN8/c19-10-7-8(1-4-11(10)20)13-14-16(27-18(22)26-13)28(9-2-3-9)15(25-14)12-5-6-23-17(21)24-12/h1,4-7,9H,2-3H2,(H2,21,23,24)(H2,22,26,27). The highest BCUT2D eigenvalue weighted by molar-refractivity contribution is 6.31. The molecule has 3 aromatic heterocycles. The van der Waals surface area contributed by atoms with E-state index in [9.17, 15) is 4.39 Å². The normalized spacial score (nSPS) is 13.9. The Morgan fingerprint density at radius 3 is 2.57 bits per heavy atom. The summed E-state index contributed by atoms with van der Waals surface area (Å²) in [5.41, 5.74) is 14.5. The van der Waals surface area contributed by atoms with Gasteiger partial charge in [-0.25, -0.2) is 24.3 Å². The number of hydrogen-bond donors (Lipinski definition) is 2. The number of halogens is 2. The number of anilines is 2. The van der Waals surface area contributed by atoms with Crippen molar-refractivity contribution in [1.29, 1.82) is 0 Å². The fourth-order valence-corrected chi connectivity index (χ4v) is 3.37. The summed E-state index contributed by atoms with van der Waals surface area (Å²) in [4.78, 5) is 21.7. The van der Waals surface area contributed by atoms with Gasteiger partial charge in [-0.1, -0.05) is 11.6 Å². The van der Waals surface area contributed by atoms with E-state index in [1.165, 1.54) is 12.1 Å². The minimum Gasteiger partial charge on any atom is -0.368 e. The van der Waals surface area contributed by atoms with Crippen molar-refractivity contribution in [2.45, 2.75) is 18.9 Å². The SMILES string of the molecule is Nc1nccc(-c2nc3c(-c4ccc(F)c(Cl)c4)nc(N)nc3n2C2CC2)n1. The molecular formula is C18H14ClFN8. The molecule has 0 bridgehead atoms. The molecule has 1 saturated carbocycles. The quantitative estimate of drug-likeness (QED) is 0.545. The number of fused-ring (bicyclic) bond motifs is 1. The molecule has 10 heteroatoms. The zero-order valence-electron chi connectivity index (χ0n) is 14.5. The summed E-state index contributed by atoms with van der Waals surface area (Å²) < 4.78 is 15.6. The first kappa shape index (κ1) is 16.8. The number of nitrogens with zero attached hydrogens (tertiary/aromatic N) is 6. The van der Waals surface area contributed by atoms with Crippen LogP contribution in [-0.4, -0.2) is 29.5 Å². The summed E-state index contributed by atoms with van der Waals surface area (Å²) in [6.07, 6.45) is 3.58. The van der Waals surface area contributed by atoms with Gasteiger partial charge in [0.1, 0.15) is 22.7 Å². The van der Waals surface area contributed by atoms with Gasteiger partial charge in [-0.15, -0.1) is 0 Å². The third-order valence-electron chi connectivity index (χ3n) is 4.57. The maximum Gasteiger partial charge on any atom is 0.222 e. The van der Waals surface area contributed by atoms with Crippen molar-refractivity contribution in [3.8, 4) is 22.8 Å². The average Bonchev–Trinajstić information content (AvgIpc) is 3.43.